The molecule has 2 aromatic heterocycles. The van der Waals surface area contributed by atoms with Gasteiger partial charge in [-0.05, 0) is 54.7 Å². The normalized spacial score (nSPS) is 14.9. The molecule has 1 N–H and O–H groups in total. The molecule has 30 heavy (non-hydrogen) atoms. The Morgan fingerprint density at radius 2 is 2.00 bits per heavy atom. The Balaban J connectivity index is 1.84. The number of rotatable bonds is 4. The van der Waals surface area contributed by atoms with Gasteiger partial charge in [-0.3, -0.25) is 0 Å². The number of imidazole rings is 1. The molecule has 0 saturated carbocycles. The maximum atomic E-state index is 13.3. The monoisotopic (exact) mass is 416 g/mol. The second kappa shape index (κ2) is 7.89. The van der Waals surface area contributed by atoms with Crippen molar-refractivity contribution in [2.75, 3.05) is 13.2 Å². The fraction of sp³-hybridized carbons (Fsp3) is 0.348. The third-order valence-electron chi connectivity index (χ3n) is 5.71. The van der Waals surface area contributed by atoms with Gasteiger partial charge in [0, 0.05) is 23.9 Å². The van der Waals surface area contributed by atoms with E-state index in [1.807, 2.05) is 29.7 Å². The van der Waals surface area contributed by atoms with Gasteiger partial charge in [0.25, 0.3) is 0 Å². The van der Waals surface area contributed by atoms with Crippen molar-refractivity contribution in [1.29, 1.82) is 0 Å². The van der Waals surface area contributed by atoms with E-state index in [9.17, 15) is 18.3 Å². The first-order chi connectivity index (χ1) is 14.3. The maximum Gasteiger partial charge on any atom is 0.416 e. The first-order valence-electron chi connectivity index (χ1n) is 9.83. The summed E-state index contributed by atoms with van der Waals surface area (Å²) in [5.41, 5.74) is 5.19. The van der Waals surface area contributed by atoms with Gasteiger partial charge in [-0.25, -0.2) is 4.98 Å². The van der Waals surface area contributed by atoms with Gasteiger partial charge in [-0.2, -0.15) is 13.2 Å². The standard InChI is InChI=1S/C23H23F3N2O2/c1-14-17(4-3-5-20(14)23(24,25)26)11-21-15(2)27-22-19(13-29)10-18(12-28(21)22)16-6-8-30-9-7-16/h3-6,10,12,29H,7-9,11,13H2,1-2H3. The first-order valence-corrected chi connectivity index (χ1v) is 9.83. The largest absolute Gasteiger partial charge is 0.416 e. The molecule has 3 aromatic rings. The number of fused-ring (bicyclic) bond motifs is 1. The Morgan fingerprint density at radius 3 is 2.67 bits per heavy atom. The number of aliphatic hydroxyl groups is 1. The molecule has 4 rings (SSSR count). The summed E-state index contributed by atoms with van der Waals surface area (Å²) < 4.78 is 47.3. The molecule has 0 amide bonds. The van der Waals surface area contributed by atoms with E-state index in [2.05, 4.69) is 4.98 Å². The van der Waals surface area contributed by atoms with Gasteiger partial charge in [-0.1, -0.05) is 18.2 Å². The smallest absolute Gasteiger partial charge is 0.392 e. The Bertz CT molecular complexity index is 1130. The van der Waals surface area contributed by atoms with Gasteiger partial charge in [0.1, 0.15) is 5.65 Å². The summed E-state index contributed by atoms with van der Waals surface area (Å²) in [6.07, 6.45) is 0.683. The highest BCUT2D eigenvalue weighted by Crippen LogP contribution is 2.34. The lowest BCUT2D eigenvalue weighted by molar-refractivity contribution is -0.138. The highest BCUT2D eigenvalue weighted by molar-refractivity contribution is 5.69. The minimum Gasteiger partial charge on any atom is -0.392 e. The molecule has 0 saturated heterocycles. The summed E-state index contributed by atoms with van der Waals surface area (Å²) in [5.74, 6) is 0. The average molecular weight is 416 g/mol. The number of hydrogen-bond acceptors (Lipinski definition) is 3. The molecule has 0 unspecified atom stereocenters. The van der Waals surface area contributed by atoms with E-state index in [1.165, 1.54) is 13.0 Å². The number of halogens is 3. The van der Waals surface area contributed by atoms with E-state index in [4.69, 9.17) is 4.74 Å². The zero-order chi connectivity index (χ0) is 21.5. The van der Waals surface area contributed by atoms with E-state index in [0.717, 1.165) is 35.0 Å². The van der Waals surface area contributed by atoms with Crippen LogP contribution < -0.4 is 0 Å². The number of alkyl halides is 3. The Labute approximate surface area is 172 Å². The van der Waals surface area contributed by atoms with Crippen LogP contribution >= 0.6 is 0 Å². The van der Waals surface area contributed by atoms with Crippen molar-refractivity contribution in [3.05, 3.63) is 75.7 Å². The zero-order valence-corrected chi connectivity index (χ0v) is 16.9. The summed E-state index contributed by atoms with van der Waals surface area (Å²) in [5, 5.41) is 9.90. The number of benzene rings is 1. The van der Waals surface area contributed by atoms with E-state index in [0.29, 0.717) is 36.4 Å². The van der Waals surface area contributed by atoms with E-state index in [1.54, 1.807) is 6.07 Å². The second-order valence-corrected chi connectivity index (χ2v) is 7.57. The Kier molecular flexibility index (Phi) is 5.42. The molecule has 0 spiro atoms. The van der Waals surface area contributed by atoms with Gasteiger partial charge in [0.05, 0.1) is 31.1 Å². The Hall–Kier alpha value is -2.64. The van der Waals surface area contributed by atoms with Gasteiger partial charge in [-0.15, -0.1) is 0 Å². The van der Waals surface area contributed by atoms with Crippen molar-refractivity contribution in [3.63, 3.8) is 0 Å². The van der Waals surface area contributed by atoms with Crippen molar-refractivity contribution in [2.45, 2.75) is 39.5 Å². The number of aliphatic hydroxyl groups excluding tert-OH is 1. The molecule has 0 atom stereocenters. The first kappa shape index (κ1) is 20.6. The van der Waals surface area contributed by atoms with Crippen LogP contribution in [-0.2, 0) is 23.9 Å². The van der Waals surface area contributed by atoms with Crippen LogP contribution in [0.1, 0.15) is 45.6 Å². The summed E-state index contributed by atoms with van der Waals surface area (Å²) in [6.45, 7) is 4.37. The van der Waals surface area contributed by atoms with Crippen LogP contribution in [0.2, 0.25) is 0 Å². The lowest BCUT2D eigenvalue weighted by Crippen LogP contribution is -2.10. The molecule has 4 nitrogen and oxygen atoms in total. The maximum absolute atomic E-state index is 13.3. The SMILES string of the molecule is Cc1nc2c(CO)cc(C3=CCOCC3)cn2c1Cc1cccc(C(F)(F)F)c1C. The zero-order valence-electron chi connectivity index (χ0n) is 16.9. The molecular weight excluding hydrogens is 393 g/mol. The molecular formula is C23H23F3N2O2. The fourth-order valence-corrected chi connectivity index (χ4v) is 4.03. The lowest BCUT2D eigenvalue weighted by Gasteiger charge is -2.16. The number of aromatic nitrogens is 2. The highest BCUT2D eigenvalue weighted by atomic mass is 19.4. The number of hydrogen-bond donors (Lipinski definition) is 1. The van der Waals surface area contributed by atoms with Gasteiger partial charge in [0.15, 0.2) is 0 Å². The van der Waals surface area contributed by atoms with E-state index >= 15 is 0 Å². The van der Waals surface area contributed by atoms with E-state index < -0.39 is 11.7 Å². The molecule has 0 bridgehead atoms. The fourth-order valence-electron chi connectivity index (χ4n) is 4.03. The summed E-state index contributed by atoms with van der Waals surface area (Å²) in [6, 6.07) is 6.21. The quantitative estimate of drug-likeness (QED) is 0.661. The van der Waals surface area contributed by atoms with Crippen molar-refractivity contribution in [1.82, 2.24) is 9.38 Å². The van der Waals surface area contributed by atoms with Crippen LogP contribution in [0.25, 0.3) is 11.2 Å². The van der Waals surface area contributed by atoms with Crippen LogP contribution in [0.5, 0.6) is 0 Å². The molecule has 7 heteroatoms. The van der Waals surface area contributed by atoms with Gasteiger partial charge < -0.3 is 14.2 Å². The molecule has 0 radical (unpaired) electrons. The van der Waals surface area contributed by atoms with Crippen LogP contribution in [0.15, 0.2) is 36.5 Å². The number of pyridine rings is 1. The second-order valence-electron chi connectivity index (χ2n) is 7.57. The van der Waals surface area contributed by atoms with Crippen molar-refractivity contribution < 1.29 is 23.0 Å². The third kappa shape index (κ3) is 3.75. The van der Waals surface area contributed by atoms with Crippen LogP contribution in [0, 0.1) is 13.8 Å². The highest BCUT2D eigenvalue weighted by Gasteiger charge is 2.33. The minimum atomic E-state index is -4.39. The van der Waals surface area contributed by atoms with Crippen molar-refractivity contribution >= 4 is 11.2 Å². The molecule has 1 aliphatic rings. The summed E-state index contributed by atoms with van der Waals surface area (Å²) >= 11 is 0. The number of aryl methyl sites for hydroxylation is 1. The van der Waals surface area contributed by atoms with Crippen molar-refractivity contribution in [3.8, 4) is 0 Å². The lowest BCUT2D eigenvalue weighted by atomic mass is 9.98. The Morgan fingerprint density at radius 1 is 1.20 bits per heavy atom. The average Bonchev–Trinajstić information content (AvgIpc) is 3.04. The summed E-state index contributed by atoms with van der Waals surface area (Å²) in [4.78, 5) is 4.60. The molecule has 1 aliphatic heterocycles. The minimum absolute atomic E-state index is 0.167. The van der Waals surface area contributed by atoms with E-state index in [-0.39, 0.29) is 12.2 Å². The molecule has 158 valence electrons. The number of nitrogens with zero attached hydrogens (tertiary/aromatic N) is 2. The van der Waals surface area contributed by atoms with Crippen LogP contribution in [-0.4, -0.2) is 27.7 Å². The number of ether oxygens (including phenoxy) is 1. The summed E-state index contributed by atoms with van der Waals surface area (Å²) in [7, 11) is 0. The van der Waals surface area contributed by atoms with Crippen LogP contribution in [0.4, 0.5) is 13.2 Å². The molecule has 0 aliphatic carbocycles. The molecule has 1 aromatic carbocycles. The van der Waals surface area contributed by atoms with Gasteiger partial charge in [0.2, 0.25) is 0 Å². The predicted molar refractivity (Wildman–Crippen MR) is 108 cm³/mol. The molecule has 0 fully saturated rings. The van der Waals surface area contributed by atoms with Gasteiger partial charge >= 0.3 is 6.18 Å². The molecule has 3 heterocycles. The van der Waals surface area contributed by atoms with Crippen LogP contribution in [0.3, 0.4) is 0 Å². The predicted octanol–water partition coefficient (Wildman–Crippen LogP) is 4.86. The third-order valence-corrected chi connectivity index (χ3v) is 5.71. The van der Waals surface area contributed by atoms with Crippen molar-refractivity contribution in [2.24, 2.45) is 0 Å². The topological polar surface area (TPSA) is 46.8 Å².